The number of unbranched alkanes of at least 4 members (excludes halogenated alkanes) is 15. The average Bonchev–Trinajstić information content (AvgIpc) is 1.17. The molecule has 0 radical (unpaired) electrons. The number of nitrogens with one attached hydrogen (secondary N) is 12. The predicted octanol–water partition coefficient (Wildman–Crippen LogP) is 14.6. The smallest absolute Gasteiger partial charge is 0.407 e. The van der Waals surface area contributed by atoms with Gasteiger partial charge in [0, 0.05) is 52.4 Å². The van der Waals surface area contributed by atoms with Gasteiger partial charge in [0.15, 0.2) is 0 Å². The largest absolute Gasteiger partial charge is 0.449 e. The van der Waals surface area contributed by atoms with E-state index in [4.69, 9.17) is 18.9 Å². The molecule has 0 aliphatic heterocycles. The summed E-state index contributed by atoms with van der Waals surface area (Å²) >= 11 is 0. The summed E-state index contributed by atoms with van der Waals surface area (Å²) in [5.41, 5.74) is 0. The van der Waals surface area contributed by atoms with Crippen LogP contribution in [0.4, 0.5) is 38.4 Å². The van der Waals surface area contributed by atoms with Crippen LogP contribution >= 0.6 is 0 Å². The van der Waals surface area contributed by atoms with Crippen molar-refractivity contribution in [3.8, 4) is 0 Å². The zero-order valence-electron chi connectivity index (χ0n) is 62.2. The third-order valence-electron chi connectivity index (χ3n) is 18.6. The Hall–Kier alpha value is -5.84. The van der Waals surface area contributed by atoms with E-state index >= 15 is 0 Å². The molecule has 0 aromatic carbocycles. The fraction of sp³-hybridized carbons (Fsp3) is 0.890. The Morgan fingerprint density at radius 3 is 0.711 bits per heavy atom. The first-order valence-corrected chi connectivity index (χ1v) is 38.9. The van der Waals surface area contributed by atoms with E-state index in [0.29, 0.717) is 102 Å². The number of rotatable bonds is 53. The molecule has 0 aromatic rings. The Morgan fingerprint density at radius 2 is 0.505 bits per heavy atom. The second-order valence-electron chi connectivity index (χ2n) is 27.1. The van der Waals surface area contributed by atoms with Crippen molar-refractivity contribution in [2.24, 2.45) is 23.7 Å². The van der Waals surface area contributed by atoms with Crippen molar-refractivity contribution in [1.82, 2.24) is 63.8 Å². The van der Waals surface area contributed by atoms with Crippen LogP contribution in [0, 0.1) is 23.7 Å². The average molecular weight is 1380 g/mol. The summed E-state index contributed by atoms with van der Waals surface area (Å²) in [6.07, 6.45) is 35.1. The Kier molecular flexibility index (Phi) is 57.4. The quantitative estimate of drug-likeness (QED) is 0.0200. The highest BCUT2D eigenvalue weighted by atomic mass is 16.6. The molecule has 4 unspecified atom stereocenters. The van der Waals surface area contributed by atoms with Crippen molar-refractivity contribution in [2.45, 2.75) is 317 Å². The first kappa shape index (κ1) is 89.2. The van der Waals surface area contributed by atoms with Crippen molar-refractivity contribution in [3.63, 3.8) is 0 Å². The van der Waals surface area contributed by atoms with E-state index in [1.54, 1.807) is 0 Å². The lowest BCUT2D eigenvalue weighted by Crippen LogP contribution is -2.56. The molecule has 566 valence electrons. The van der Waals surface area contributed by atoms with Gasteiger partial charge in [0.2, 0.25) is 0 Å². The van der Waals surface area contributed by atoms with Gasteiger partial charge >= 0.3 is 48.5 Å². The SMILES string of the molecule is CCCCC(CC)COC(=O)NCCCCCCNC(=O)N[C@@H]1CCCC[C@H]1NC(=O)NCCCCCCNC(=O)OCC(C)CC.CCCCC(CC)COC(=O)NCCCCCCNC(=O)N[C@@H]1CCCC[C@H]1NC(=O)NCCCCCCNC(=O)OCC(CC)CCCC. The molecule has 0 bridgehead atoms. The van der Waals surface area contributed by atoms with Gasteiger partial charge in [-0.2, -0.15) is 0 Å². The summed E-state index contributed by atoms with van der Waals surface area (Å²) in [7, 11) is 0. The summed E-state index contributed by atoms with van der Waals surface area (Å²) in [5.74, 6) is 1.69. The highest BCUT2D eigenvalue weighted by Gasteiger charge is 2.29. The maximum Gasteiger partial charge on any atom is 0.407 e. The minimum atomic E-state index is -0.355. The molecule has 12 N–H and O–H groups in total. The number of amides is 12. The van der Waals surface area contributed by atoms with Gasteiger partial charge in [-0.1, -0.05) is 197 Å². The molecule has 0 heterocycles. The van der Waals surface area contributed by atoms with E-state index in [9.17, 15) is 38.4 Å². The minimum Gasteiger partial charge on any atom is -0.449 e. The maximum atomic E-state index is 12.6. The Labute approximate surface area is 586 Å². The first-order valence-electron chi connectivity index (χ1n) is 38.9. The van der Waals surface area contributed by atoms with Crippen LogP contribution in [0.15, 0.2) is 0 Å². The number of carbonyl (C=O) groups is 8. The summed E-state index contributed by atoms with van der Waals surface area (Å²) in [5, 5.41) is 35.3. The lowest BCUT2D eigenvalue weighted by molar-refractivity contribution is 0.122. The number of ether oxygens (including phenoxy) is 4. The fourth-order valence-corrected chi connectivity index (χ4v) is 11.6. The second kappa shape index (κ2) is 62.4. The summed E-state index contributed by atoms with van der Waals surface area (Å²) < 4.78 is 21.3. The third kappa shape index (κ3) is 51.9. The topological polar surface area (TPSA) is 318 Å². The van der Waals surface area contributed by atoms with E-state index in [1.807, 2.05) is 0 Å². The molecule has 97 heavy (non-hydrogen) atoms. The van der Waals surface area contributed by atoms with Crippen LogP contribution in [0.1, 0.15) is 293 Å². The van der Waals surface area contributed by atoms with Gasteiger partial charge in [-0.25, -0.2) is 38.4 Å². The molecule has 2 fully saturated rings. The van der Waals surface area contributed by atoms with Crippen LogP contribution in [0.3, 0.4) is 0 Å². The maximum absolute atomic E-state index is 12.6. The van der Waals surface area contributed by atoms with Crippen molar-refractivity contribution in [1.29, 1.82) is 0 Å². The molecule has 0 aromatic heterocycles. The number of hydrogen-bond acceptors (Lipinski definition) is 12. The molecule has 24 heteroatoms. The molecule has 0 saturated heterocycles. The second-order valence-corrected chi connectivity index (χ2v) is 27.1. The molecule has 2 aliphatic rings. The van der Waals surface area contributed by atoms with Crippen molar-refractivity contribution >= 4 is 48.5 Å². The van der Waals surface area contributed by atoms with E-state index in [0.717, 1.165) is 218 Å². The van der Waals surface area contributed by atoms with Gasteiger partial charge in [0.05, 0.1) is 50.6 Å². The Morgan fingerprint density at radius 1 is 0.289 bits per heavy atom. The number of alkyl carbamates (subject to hydrolysis) is 4. The highest BCUT2D eigenvalue weighted by Crippen LogP contribution is 2.21. The number of carbonyl (C=O) groups excluding carboxylic acids is 8. The summed E-state index contributed by atoms with van der Waals surface area (Å²) in [4.78, 5) is 97.6. The minimum absolute atomic E-state index is 0.0935. The standard InChI is InChI=1S/C38H74N6O6.C35H68N6O6/c1-5-9-21-31(7-3)29-49-37(47)41-27-19-13-11-17-25-39-35(45)43-33-23-15-16-24-34(33)44-36(46)40-26-18-12-14-20-28-42-38(48)50-30-32(8-4)22-10-6-2;1-5-8-19-29(7-3)27-47-35(45)39-25-18-12-10-16-23-37-33(43)41-31-21-14-13-20-30(31)40-32(42)36-22-15-9-11-17-24-38-34(44)46-26-28(4)6-2/h31-34H,5-30H2,1-4H3,(H,41,47)(H,42,48)(H2,39,43,45)(H2,40,44,46);28-31H,5-27H2,1-4H3,(H,38,44)(H,39,45)(H2,36,40,42)(H2,37,41,43)/t31?,32?,33-,34-;28?,29?,30-,31-/m11/s1. The lowest BCUT2D eigenvalue weighted by atomic mass is 9.90. The normalized spacial score (nSPS) is 16.9. The highest BCUT2D eigenvalue weighted by molar-refractivity contribution is 5.77. The Bertz CT molecular complexity index is 1950. The molecular weight excluding hydrogens is 1240 g/mol. The van der Waals surface area contributed by atoms with Crippen LogP contribution in [0.5, 0.6) is 0 Å². The van der Waals surface area contributed by atoms with Crippen molar-refractivity contribution in [3.05, 3.63) is 0 Å². The van der Waals surface area contributed by atoms with E-state index < -0.39 is 0 Å². The summed E-state index contributed by atoms with van der Waals surface area (Å²) in [6, 6.07) is -1.17. The molecule has 24 nitrogen and oxygen atoms in total. The van der Waals surface area contributed by atoms with Crippen LogP contribution in [0.25, 0.3) is 0 Å². The molecule has 8 atom stereocenters. The molecule has 0 spiro atoms. The number of urea groups is 4. The van der Waals surface area contributed by atoms with E-state index in [-0.39, 0.29) is 72.7 Å². The van der Waals surface area contributed by atoms with Gasteiger partial charge in [-0.05, 0) is 120 Å². The predicted molar refractivity (Wildman–Crippen MR) is 389 cm³/mol. The van der Waals surface area contributed by atoms with Crippen LogP contribution < -0.4 is 63.8 Å². The van der Waals surface area contributed by atoms with Gasteiger partial charge in [-0.15, -0.1) is 0 Å². The zero-order chi connectivity index (χ0) is 71.2. The van der Waals surface area contributed by atoms with Crippen molar-refractivity contribution in [2.75, 3.05) is 78.8 Å². The molecule has 2 aliphatic carbocycles. The third-order valence-corrected chi connectivity index (χ3v) is 18.6. The zero-order valence-corrected chi connectivity index (χ0v) is 62.2. The fourth-order valence-electron chi connectivity index (χ4n) is 11.6. The van der Waals surface area contributed by atoms with Crippen LogP contribution in [-0.4, -0.2) is 151 Å². The van der Waals surface area contributed by atoms with Gasteiger partial charge in [0.1, 0.15) is 0 Å². The van der Waals surface area contributed by atoms with Crippen LogP contribution in [0.2, 0.25) is 0 Å². The first-order chi connectivity index (χ1) is 47.1. The van der Waals surface area contributed by atoms with Crippen molar-refractivity contribution < 1.29 is 57.3 Å². The monoisotopic (exact) mass is 1380 g/mol. The molecule has 2 saturated carbocycles. The van der Waals surface area contributed by atoms with E-state index in [1.165, 1.54) is 19.3 Å². The van der Waals surface area contributed by atoms with Gasteiger partial charge < -0.3 is 82.7 Å². The van der Waals surface area contributed by atoms with Crippen LogP contribution in [-0.2, 0) is 18.9 Å². The lowest BCUT2D eigenvalue weighted by Gasteiger charge is -2.32. The Balaban J connectivity index is 0.000000972. The van der Waals surface area contributed by atoms with E-state index in [2.05, 4.69) is 119 Å². The van der Waals surface area contributed by atoms with Gasteiger partial charge in [-0.3, -0.25) is 0 Å². The number of hydrogen-bond donors (Lipinski definition) is 12. The van der Waals surface area contributed by atoms with Gasteiger partial charge in [0.25, 0.3) is 0 Å². The molecule has 12 amide bonds. The molecule has 2 rings (SSSR count). The molecular formula is C73H142N12O12. The summed E-state index contributed by atoms with van der Waals surface area (Å²) in [6.45, 7) is 23.7.